The van der Waals surface area contributed by atoms with Gasteiger partial charge in [0.1, 0.15) is 0 Å². The Kier molecular flexibility index (Phi) is 4.15. The van der Waals surface area contributed by atoms with Crippen LogP contribution in [0.1, 0.15) is 12.5 Å². The molecule has 84 valence electrons. The molecular weight excluding hydrogens is 208 g/mol. The highest BCUT2D eigenvalue weighted by molar-refractivity contribution is 5.87. The van der Waals surface area contributed by atoms with Gasteiger partial charge < -0.3 is 14.9 Å². The van der Waals surface area contributed by atoms with E-state index >= 15 is 0 Å². The highest BCUT2D eigenvalue weighted by Crippen LogP contribution is 2.25. The lowest BCUT2D eigenvalue weighted by Gasteiger charge is -1.98. The molecule has 0 heterocycles. The third kappa shape index (κ3) is 3.49. The van der Waals surface area contributed by atoms with Crippen molar-refractivity contribution < 1.29 is 19.7 Å². The van der Waals surface area contributed by atoms with E-state index in [1.54, 1.807) is 19.1 Å². The molecule has 1 rings (SSSR count). The Morgan fingerprint density at radius 1 is 1.31 bits per heavy atom. The molecule has 0 aromatic heterocycles. The zero-order valence-electron chi connectivity index (χ0n) is 8.75. The Morgan fingerprint density at radius 2 is 2.06 bits per heavy atom. The van der Waals surface area contributed by atoms with Crippen molar-refractivity contribution in [3.8, 4) is 11.5 Å². The second kappa shape index (κ2) is 5.60. The first-order valence-electron chi connectivity index (χ1n) is 4.65. The molecular formula is C12H12O4. The van der Waals surface area contributed by atoms with E-state index in [0.717, 1.165) is 0 Å². The van der Waals surface area contributed by atoms with Gasteiger partial charge in [0.15, 0.2) is 11.5 Å². The maximum absolute atomic E-state index is 11.1. The van der Waals surface area contributed by atoms with Crippen LogP contribution in [0.3, 0.4) is 0 Å². The number of ether oxygens (including phenoxy) is 1. The Labute approximate surface area is 93.1 Å². The Morgan fingerprint density at radius 3 is 2.69 bits per heavy atom. The molecule has 0 amide bonds. The fourth-order valence-electron chi connectivity index (χ4n) is 0.983. The third-order valence-electron chi connectivity index (χ3n) is 1.73. The minimum atomic E-state index is -0.509. The number of phenolic OH excluding ortho intramolecular Hbond substituents is 2. The molecule has 0 aliphatic heterocycles. The van der Waals surface area contributed by atoms with Gasteiger partial charge in [-0.25, -0.2) is 4.79 Å². The lowest BCUT2D eigenvalue weighted by atomic mass is 10.2. The van der Waals surface area contributed by atoms with Crippen molar-refractivity contribution >= 4 is 12.0 Å². The molecule has 2 N–H and O–H groups in total. The van der Waals surface area contributed by atoms with Gasteiger partial charge in [-0.1, -0.05) is 12.1 Å². The summed E-state index contributed by atoms with van der Waals surface area (Å²) in [5.41, 5.74) is 0.590. The van der Waals surface area contributed by atoms with E-state index in [1.807, 2.05) is 0 Å². The number of hydrogen-bond donors (Lipinski definition) is 2. The number of benzene rings is 1. The molecule has 0 unspecified atom stereocenters. The van der Waals surface area contributed by atoms with Crippen LogP contribution in [0, 0.1) is 0 Å². The van der Waals surface area contributed by atoms with Gasteiger partial charge in [-0.05, 0) is 30.7 Å². The van der Waals surface area contributed by atoms with Gasteiger partial charge in [-0.3, -0.25) is 0 Å². The summed E-state index contributed by atoms with van der Waals surface area (Å²) in [7, 11) is 0. The van der Waals surface area contributed by atoms with Crippen molar-refractivity contribution in [2.75, 3.05) is 0 Å². The van der Waals surface area contributed by atoms with Crippen molar-refractivity contribution in [1.29, 1.82) is 0 Å². The normalized spacial score (nSPS) is 11.1. The zero-order chi connectivity index (χ0) is 12.0. The van der Waals surface area contributed by atoms with Gasteiger partial charge in [0.05, 0.1) is 6.26 Å². The Bertz CT molecular complexity index is 433. The summed E-state index contributed by atoms with van der Waals surface area (Å²) in [5.74, 6) is -0.941. The summed E-state index contributed by atoms with van der Waals surface area (Å²) in [6.45, 7) is 1.73. The fraction of sp³-hybridized carbons (Fsp3) is 0.0833. The SMILES string of the molecule is CC=COC(=O)C=Cc1ccc(O)c(O)c1. The summed E-state index contributed by atoms with van der Waals surface area (Å²) >= 11 is 0. The molecule has 0 saturated carbocycles. The number of carbonyl (C=O) groups is 1. The van der Waals surface area contributed by atoms with Crippen LogP contribution >= 0.6 is 0 Å². The lowest BCUT2D eigenvalue weighted by Crippen LogP contribution is -1.92. The maximum Gasteiger partial charge on any atom is 0.335 e. The van der Waals surface area contributed by atoms with E-state index < -0.39 is 5.97 Å². The summed E-state index contributed by atoms with van der Waals surface area (Å²) in [5, 5.41) is 18.3. The van der Waals surface area contributed by atoms with Crippen molar-refractivity contribution in [2.24, 2.45) is 0 Å². The van der Waals surface area contributed by atoms with E-state index in [2.05, 4.69) is 4.74 Å². The van der Waals surface area contributed by atoms with Crippen LogP contribution in [0.4, 0.5) is 0 Å². The van der Waals surface area contributed by atoms with Crippen LogP contribution in [0.5, 0.6) is 11.5 Å². The minimum absolute atomic E-state index is 0.200. The van der Waals surface area contributed by atoms with Crippen molar-refractivity contribution in [3.63, 3.8) is 0 Å². The smallest absolute Gasteiger partial charge is 0.335 e. The van der Waals surface area contributed by atoms with Gasteiger partial charge in [0.25, 0.3) is 0 Å². The molecule has 0 spiro atoms. The molecule has 0 aliphatic carbocycles. The first-order chi connectivity index (χ1) is 7.63. The predicted molar refractivity (Wildman–Crippen MR) is 59.7 cm³/mol. The second-order valence-corrected chi connectivity index (χ2v) is 2.99. The zero-order valence-corrected chi connectivity index (χ0v) is 8.75. The highest BCUT2D eigenvalue weighted by Gasteiger charge is 1.98. The molecule has 0 fully saturated rings. The number of rotatable bonds is 3. The molecule has 4 nitrogen and oxygen atoms in total. The number of esters is 1. The van der Waals surface area contributed by atoms with E-state index in [-0.39, 0.29) is 11.5 Å². The number of phenols is 2. The molecule has 0 atom stereocenters. The topological polar surface area (TPSA) is 66.8 Å². The Balaban J connectivity index is 2.69. The standard InChI is InChI=1S/C12H12O4/c1-2-7-16-12(15)6-4-9-3-5-10(13)11(14)8-9/h2-8,13-14H,1H3. The molecule has 0 saturated heterocycles. The van der Waals surface area contributed by atoms with E-state index in [0.29, 0.717) is 5.56 Å². The first-order valence-corrected chi connectivity index (χ1v) is 4.65. The van der Waals surface area contributed by atoms with Gasteiger partial charge >= 0.3 is 5.97 Å². The molecule has 0 radical (unpaired) electrons. The van der Waals surface area contributed by atoms with E-state index in [9.17, 15) is 9.90 Å². The van der Waals surface area contributed by atoms with Crippen molar-refractivity contribution in [3.05, 3.63) is 42.2 Å². The lowest BCUT2D eigenvalue weighted by molar-refractivity contribution is -0.132. The summed E-state index contributed by atoms with van der Waals surface area (Å²) < 4.78 is 4.65. The number of aromatic hydroxyl groups is 2. The van der Waals surface area contributed by atoms with Crippen LogP contribution < -0.4 is 0 Å². The third-order valence-corrected chi connectivity index (χ3v) is 1.73. The molecule has 4 heteroatoms. The number of hydrogen-bond acceptors (Lipinski definition) is 4. The van der Waals surface area contributed by atoms with Gasteiger partial charge in [-0.15, -0.1) is 0 Å². The largest absolute Gasteiger partial charge is 0.504 e. The number of allylic oxidation sites excluding steroid dienone is 1. The van der Waals surface area contributed by atoms with Crippen LogP contribution in [0.25, 0.3) is 6.08 Å². The van der Waals surface area contributed by atoms with Crippen LogP contribution in [0.2, 0.25) is 0 Å². The maximum atomic E-state index is 11.1. The van der Waals surface area contributed by atoms with Gasteiger partial charge in [-0.2, -0.15) is 0 Å². The van der Waals surface area contributed by atoms with Crippen molar-refractivity contribution in [1.82, 2.24) is 0 Å². The molecule has 0 aliphatic rings. The van der Waals surface area contributed by atoms with Crippen LogP contribution in [-0.4, -0.2) is 16.2 Å². The number of carbonyl (C=O) groups excluding carboxylic acids is 1. The van der Waals surface area contributed by atoms with E-state index in [1.165, 1.54) is 30.5 Å². The van der Waals surface area contributed by atoms with Crippen LogP contribution in [0.15, 0.2) is 36.6 Å². The minimum Gasteiger partial charge on any atom is -0.504 e. The van der Waals surface area contributed by atoms with Gasteiger partial charge in [0, 0.05) is 6.08 Å². The summed E-state index contributed by atoms with van der Waals surface area (Å²) in [4.78, 5) is 11.1. The quantitative estimate of drug-likeness (QED) is 0.354. The fourth-order valence-corrected chi connectivity index (χ4v) is 0.983. The average Bonchev–Trinajstić information content (AvgIpc) is 2.28. The summed E-state index contributed by atoms with van der Waals surface area (Å²) in [6, 6.07) is 4.25. The average molecular weight is 220 g/mol. The molecule has 16 heavy (non-hydrogen) atoms. The highest BCUT2D eigenvalue weighted by atomic mass is 16.5. The summed E-state index contributed by atoms with van der Waals surface area (Å²) in [6.07, 6.45) is 5.58. The first kappa shape index (κ1) is 11.8. The Hall–Kier alpha value is -2.23. The monoisotopic (exact) mass is 220 g/mol. The molecule has 0 bridgehead atoms. The molecule has 1 aromatic rings. The second-order valence-electron chi connectivity index (χ2n) is 2.99. The van der Waals surface area contributed by atoms with Gasteiger partial charge in [0.2, 0.25) is 0 Å². The van der Waals surface area contributed by atoms with E-state index in [4.69, 9.17) is 5.11 Å². The van der Waals surface area contributed by atoms with Crippen LogP contribution in [-0.2, 0) is 9.53 Å². The molecule has 1 aromatic carbocycles. The predicted octanol–water partition coefficient (Wildman–Crippen LogP) is 2.19. The van der Waals surface area contributed by atoms with Crippen molar-refractivity contribution in [2.45, 2.75) is 6.92 Å².